The van der Waals surface area contributed by atoms with Gasteiger partial charge in [0.05, 0.1) is 5.56 Å². The Labute approximate surface area is 185 Å². The van der Waals surface area contributed by atoms with Gasteiger partial charge in [-0.1, -0.05) is 45.0 Å². The van der Waals surface area contributed by atoms with Crippen LogP contribution in [0.1, 0.15) is 81.7 Å². The molecule has 0 radical (unpaired) electrons. The van der Waals surface area contributed by atoms with Gasteiger partial charge in [0.15, 0.2) is 0 Å². The SMILES string of the molecule is CC(C)(C)c1ccc(CSc2nc(C34CC5CC(CC(C5)C3)C4)ccc2C#N)cc1. The highest BCUT2D eigenvalue weighted by Crippen LogP contribution is 2.60. The highest BCUT2D eigenvalue weighted by atomic mass is 32.2. The average Bonchev–Trinajstić information content (AvgIpc) is 2.70. The van der Waals surface area contributed by atoms with Crippen LogP contribution in [0.5, 0.6) is 0 Å². The molecule has 0 aliphatic heterocycles. The van der Waals surface area contributed by atoms with Gasteiger partial charge in [-0.25, -0.2) is 4.98 Å². The average molecular weight is 417 g/mol. The topological polar surface area (TPSA) is 36.7 Å². The van der Waals surface area contributed by atoms with Crippen molar-refractivity contribution in [2.45, 2.75) is 80.9 Å². The van der Waals surface area contributed by atoms with Crippen molar-refractivity contribution in [3.05, 3.63) is 58.8 Å². The van der Waals surface area contributed by atoms with Crippen molar-refractivity contribution in [2.24, 2.45) is 17.8 Å². The van der Waals surface area contributed by atoms with Gasteiger partial charge < -0.3 is 0 Å². The van der Waals surface area contributed by atoms with Crippen LogP contribution in [0.4, 0.5) is 0 Å². The summed E-state index contributed by atoms with van der Waals surface area (Å²) in [4.78, 5) is 5.15. The standard InChI is InChI=1S/C27H32N2S/c1-26(2,3)23-7-4-18(5-8-23)17-30-25-22(16-28)6-9-24(29-25)27-13-19-10-20(14-27)12-21(11-19)15-27/h4-9,19-21H,10-15,17H2,1-3H3. The van der Waals surface area contributed by atoms with Crippen LogP contribution in [0, 0.1) is 29.1 Å². The Morgan fingerprint density at radius 2 is 1.57 bits per heavy atom. The quantitative estimate of drug-likeness (QED) is 0.503. The van der Waals surface area contributed by atoms with E-state index in [-0.39, 0.29) is 10.8 Å². The number of thioether (sulfide) groups is 1. The molecular weight excluding hydrogens is 384 g/mol. The molecule has 30 heavy (non-hydrogen) atoms. The normalized spacial score (nSPS) is 29.7. The first kappa shape index (κ1) is 20.1. The highest BCUT2D eigenvalue weighted by molar-refractivity contribution is 7.98. The van der Waals surface area contributed by atoms with E-state index in [9.17, 15) is 5.26 Å². The van der Waals surface area contributed by atoms with E-state index in [0.29, 0.717) is 0 Å². The van der Waals surface area contributed by atoms with Crippen LogP contribution in [-0.2, 0) is 16.6 Å². The van der Waals surface area contributed by atoms with Gasteiger partial charge in [0, 0.05) is 16.9 Å². The molecule has 0 atom stereocenters. The van der Waals surface area contributed by atoms with E-state index in [0.717, 1.165) is 34.1 Å². The summed E-state index contributed by atoms with van der Waals surface area (Å²) in [5.41, 5.74) is 5.10. The molecule has 4 saturated carbocycles. The second-order valence-electron chi connectivity index (χ2n) is 11.1. The monoisotopic (exact) mass is 416 g/mol. The van der Waals surface area contributed by atoms with Gasteiger partial charge in [0.1, 0.15) is 11.1 Å². The van der Waals surface area contributed by atoms with E-state index in [4.69, 9.17) is 4.98 Å². The maximum absolute atomic E-state index is 9.66. The summed E-state index contributed by atoms with van der Waals surface area (Å²) in [5.74, 6) is 3.58. The molecule has 0 unspecified atom stereocenters. The van der Waals surface area contributed by atoms with Crippen LogP contribution in [0.25, 0.3) is 0 Å². The minimum Gasteiger partial charge on any atom is -0.245 e. The molecule has 4 fully saturated rings. The molecule has 1 heterocycles. The second kappa shape index (κ2) is 7.41. The first-order valence-corrected chi connectivity index (χ1v) is 12.5. The molecule has 2 aromatic rings. The predicted octanol–water partition coefficient (Wildman–Crippen LogP) is 7.01. The lowest BCUT2D eigenvalue weighted by atomic mass is 9.49. The molecule has 0 spiro atoms. The minimum atomic E-state index is 0.174. The fraction of sp³-hybridized carbons (Fsp3) is 0.556. The number of hydrogen-bond donors (Lipinski definition) is 0. The molecule has 6 rings (SSSR count). The van der Waals surface area contributed by atoms with Crippen molar-refractivity contribution in [1.82, 2.24) is 4.98 Å². The molecule has 156 valence electrons. The number of benzene rings is 1. The lowest BCUT2D eigenvalue weighted by molar-refractivity contribution is -0.00744. The fourth-order valence-corrected chi connectivity index (χ4v) is 7.54. The highest BCUT2D eigenvalue weighted by Gasteiger charge is 2.52. The van der Waals surface area contributed by atoms with E-state index in [1.807, 2.05) is 6.07 Å². The van der Waals surface area contributed by atoms with E-state index in [2.05, 4.69) is 57.2 Å². The van der Waals surface area contributed by atoms with Crippen LogP contribution >= 0.6 is 11.8 Å². The zero-order valence-electron chi connectivity index (χ0n) is 18.4. The molecule has 4 aliphatic rings. The Morgan fingerprint density at radius 3 is 2.10 bits per heavy atom. The zero-order valence-corrected chi connectivity index (χ0v) is 19.3. The van der Waals surface area contributed by atoms with Crippen molar-refractivity contribution >= 4 is 11.8 Å². The van der Waals surface area contributed by atoms with Crippen LogP contribution in [0.2, 0.25) is 0 Å². The molecule has 1 aromatic heterocycles. The third kappa shape index (κ3) is 3.69. The first-order valence-electron chi connectivity index (χ1n) is 11.5. The summed E-state index contributed by atoms with van der Waals surface area (Å²) in [6.07, 6.45) is 8.29. The lowest BCUT2D eigenvalue weighted by Crippen LogP contribution is -2.49. The number of aromatic nitrogens is 1. The van der Waals surface area contributed by atoms with Gasteiger partial charge in [0.25, 0.3) is 0 Å². The largest absolute Gasteiger partial charge is 0.245 e. The van der Waals surface area contributed by atoms with Gasteiger partial charge in [-0.3, -0.25) is 0 Å². The van der Waals surface area contributed by atoms with Crippen LogP contribution in [0.15, 0.2) is 41.4 Å². The Kier molecular flexibility index (Phi) is 4.98. The third-order valence-electron chi connectivity index (χ3n) is 7.76. The van der Waals surface area contributed by atoms with E-state index in [1.54, 1.807) is 11.8 Å². The summed E-state index contributed by atoms with van der Waals surface area (Å²) in [7, 11) is 0. The van der Waals surface area contributed by atoms with Gasteiger partial charge in [-0.05, 0) is 85.0 Å². The third-order valence-corrected chi connectivity index (χ3v) is 8.82. The summed E-state index contributed by atoms with van der Waals surface area (Å²) in [5, 5.41) is 10.6. The van der Waals surface area contributed by atoms with Crippen LogP contribution in [0.3, 0.4) is 0 Å². The summed E-state index contributed by atoms with van der Waals surface area (Å²) < 4.78 is 0. The molecule has 2 nitrogen and oxygen atoms in total. The van der Waals surface area contributed by atoms with Crippen molar-refractivity contribution in [2.75, 3.05) is 0 Å². The lowest BCUT2D eigenvalue weighted by Gasteiger charge is -2.56. The summed E-state index contributed by atoms with van der Waals surface area (Å²) in [6, 6.07) is 15.5. The van der Waals surface area contributed by atoms with Gasteiger partial charge in [-0.15, -0.1) is 11.8 Å². The Morgan fingerprint density at radius 1 is 0.967 bits per heavy atom. The summed E-state index contributed by atoms with van der Waals surface area (Å²) in [6.45, 7) is 6.74. The molecule has 3 heteroatoms. The molecule has 0 N–H and O–H groups in total. The van der Waals surface area contributed by atoms with Crippen molar-refractivity contribution in [3.63, 3.8) is 0 Å². The number of nitriles is 1. The Hall–Kier alpha value is -1.79. The van der Waals surface area contributed by atoms with Gasteiger partial charge in [0.2, 0.25) is 0 Å². The van der Waals surface area contributed by atoms with Crippen molar-refractivity contribution in [1.29, 1.82) is 5.26 Å². The zero-order chi connectivity index (χ0) is 20.9. The Balaban J connectivity index is 1.37. The molecule has 1 aromatic carbocycles. The van der Waals surface area contributed by atoms with Crippen LogP contribution in [-0.4, -0.2) is 4.98 Å². The molecule has 4 aliphatic carbocycles. The molecule has 4 bridgehead atoms. The maximum atomic E-state index is 9.66. The van der Waals surface area contributed by atoms with E-state index >= 15 is 0 Å². The summed E-state index contributed by atoms with van der Waals surface area (Å²) >= 11 is 1.72. The maximum Gasteiger partial charge on any atom is 0.114 e. The van der Waals surface area contributed by atoms with Crippen molar-refractivity contribution in [3.8, 4) is 6.07 Å². The fourth-order valence-electron chi connectivity index (χ4n) is 6.61. The van der Waals surface area contributed by atoms with E-state index in [1.165, 1.54) is 55.3 Å². The smallest absolute Gasteiger partial charge is 0.114 e. The predicted molar refractivity (Wildman–Crippen MR) is 124 cm³/mol. The Bertz CT molecular complexity index is 942. The first-order chi connectivity index (χ1) is 14.3. The van der Waals surface area contributed by atoms with Gasteiger partial charge in [-0.2, -0.15) is 5.26 Å². The van der Waals surface area contributed by atoms with Gasteiger partial charge >= 0.3 is 0 Å². The number of rotatable bonds is 4. The molecule has 0 saturated heterocycles. The molecular formula is C27H32N2S. The number of pyridine rings is 1. The number of hydrogen-bond acceptors (Lipinski definition) is 3. The minimum absolute atomic E-state index is 0.174. The van der Waals surface area contributed by atoms with E-state index < -0.39 is 0 Å². The number of nitrogens with zero attached hydrogens (tertiary/aromatic N) is 2. The molecule has 0 amide bonds. The van der Waals surface area contributed by atoms with Crippen LogP contribution < -0.4 is 0 Å². The van der Waals surface area contributed by atoms with Crippen molar-refractivity contribution < 1.29 is 0 Å². The second-order valence-corrected chi connectivity index (χ2v) is 12.1.